The van der Waals surface area contributed by atoms with Gasteiger partial charge < -0.3 is 4.90 Å². The van der Waals surface area contributed by atoms with Gasteiger partial charge in [0.05, 0.1) is 16.8 Å². The Hall–Kier alpha value is -3.25. The van der Waals surface area contributed by atoms with Crippen LogP contribution >= 0.6 is 11.3 Å². The fourth-order valence-electron chi connectivity index (χ4n) is 3.50. The first-order chi connectivity index (χ1) is 14.9. The van der Waals surface area contributed by atoms with E-state index in [-0.39, 0.29) is 5.91 Å². The van der Waals surface area contributed by atoms with Crippen LogP contribution < -0.4 is 9.80 Å². The number of nitrogens with zero attached hydrogens (tertiary/aromatic N) is 4. The Kier molecular flexibility index (Phi) is 6.00. The molecule has 0 atom stereocenters. The van der Waals surface area contributed by atoms with E-state index in [1.54, 1.807) is 28.6 Å². The second-order valence-electron chi connectivity index (χ2n) is 8.04. The number of carbonyl (C=O) groups excluding carboxylic acids is 1. The van der Waals surface area contributed by atoms with Crippen molar-refractivity contribution in [1.82, 2.24) is 9.97 Å². The zero-order valence-corrected chi connectivity index (χ0v) is 19.1. The number of hydrogen-bond donors (Lipinski definition) is 0. The van der Waals surface area contributed by atoms with Gasteiger partial charge in [-0.1, -0.05) is 43.4 Å². The molecule has 6 heteroatoms. The fraction of sp³-hybridized carbons (Fsp3) is 0.240. The monoisotopic (exact) mass is 430 g/mol. The third-order valence-electron chi connectivity index (χ3n) is 5.23. The second-order valence-corrected chi connectivity index (χ2v) is 9.05. The lowest BCUT2D eigenvalue weighted by Crippen LogP contribution is -2.30. The molecule has 2 aromatic heterocycles. The number of thiazole rings is 1. The molecule has 0 saturated heterocycles. The number of benzene rings is 2. The van der Waals surface area contributed by atoms with Crippen molar-refractivity contribution >= 4 is 38.3 Å². The lowest BCUT2D eigenvalue weighted by Gasteiger charge is -2.20. The minimum absolute atomic E-state index is 0.0701. The molecule has 0 saturated carbocycles. The van der Waals surface area contributed by atoms with E-state index >= 15 is 0 Å². The van der Waals surface area contributed by atoms with E-state index in [1.165, 1.54) is 5.56 Å². The van der Waals surface area contributed by atoms with Crippen LogP contribution in [0.15, 0.2) is 67.0 Å². The minimum Gasteiger partial charge on any atom is -0.378 e. The molecule has 2 aromatic carbocycles. The first-order valence-corrected chi connectivity index (χ1v) is 11.1. The summed E-state index contributed by atoms with van der Waals surface area (Å²) in [5.41, 5.74) is 4.83. The predicted molar refractivity (Wildman–Crippen MR) is 129 cm³/mol. The molecule has 158 valence electrons. The standard InChI is InChI=1S/C25H26N4OS/c1-17(2)21-8-5-9-22-23(21)27-25(31-22)29(16-18-7-6-14-26-15-18)24(30)19-10-12-20(13-11-19)28(3)4/h5-15,17H,16H2,1-4H3. The number of hydrogen-bond acceptors (Lipinski definition) is 5. The summed E-state index contributed by atoms with van der Waals surface area (Å²) in [6, 6.07) is 17.8. The van der Waals surface area contributed by atoms with E-state index in [9.17, 15) is 4.79 Å². The van der Waals surface area contributed by atoms with Crippen LogP contribution in [0.25, 0.3) is 10.2 Å². The summed E-state index contributed by atoms with van der Waals surface area (Å²) in [6.07, 6.45) is 3.53. The van der Waals surface area contributed by atoms with Gasteiger partial charge in [-0.2, -0.15) is 0 Å². The molecular weight excluding hydrogens is 404 g/mol. The van der Waals surface area contributed by atoms with Crippen LogP contribution in [0.1, 0.15) is 41.3 Å². The normalized spacial score (nSPS) is 11.1. The summed E-state index contributed by atoms with van der Waals surface area (Å²) < 4.78 is 1.09. The van der Waals surface area contributed by atoms with E-state index in [0.717, 1.165) is 21.5 Å². The summed E-state index contributed by atoms with van der Waals surface area (Å²) in [6.45, 7) is 4.75. The Balaban J connectivity index is 1.76. The van der Waals surface area contributed by atoms with Gasteiger partial charge in [0.2, 0.25) is 0 Å². The molecule has 0 fully saturated rings. The molecule has 0 aliphatic carbocycles. The van der Waals surface area contributed by atoms with Crippen LogP contribution in [0.5, 0.6) is 0 Å². The maximum absolute atomic E-state index is 13.6. The van der Waals surface area contributed by atoms with Gasteiger partial charge in [0.15, 0.2) is 5.13 Å². The number of para-hydroxylation sites is 1. The van der Waals surface area contributed by atoms with Crippen molar-refractivity contribution < 1.29 is 4.79 Å². The van der Waals surface area contributed by atoms with Gasteiger partial charge in [-0.25, -0.2) is 4.98 Å². The lowest BCUT2D eigenvalue weighted by molar-refractivity contribution is 0.0985. The van der Waals surface area contributed by atoms with Gasteiger partial charge >= 0.3 is 0 Å². The molecular formula is C25H26N4OS. The molecule has 0 N–H and O–H groups in total. The molecule has 4 aromatic rings. The first kappa shape index (κ1) is 21.0. The average molecular weight is 431 g/mol. The maximum Gasteiger partial charge on any atom is 0.260 e. The number of anilines is 2. The Morgan fingerprint density at radius 2 is 1.81 bits per heavy atom. The Labute approximate surface area is 187 Å². The zero-order valence-electron chi connectivity index (χ0n) is 18.2. The molecule has 1 amide bonds. The Bertz CT molecular complexity index is 1180. The minimum atomic E-state index is -0.0701. The van der Waals surface area contributed by atoms with Crippen molar-refractivity contribution in [2.24, 2.45) is 0 Å². The predicted octanol–water partition coefficient (Wildman–Crippen LogP) is 5.73. The van der Waals surface area contributed by atoms with Crippen LogP contribution in [0.2, 0.25) is 0 Å². The lowest BCUT2D eigenvalue weighted by atomic mass is 10.0. The molecule has 0 radical (unpaired) electrons. The number of carbonyl (C=O) groups is 1. The number of aromatic nitrogens is 2. The van der Waals surface area contributed by atoms with E-state index in [4.69, 9.17) is 4.98 Å². The highest BCUT2D eigenvalue weighted by molar-refractivity contribution is 7.22. The average Bonchev–Trinajstić information content (AvgIpc) is 3.21. The SMILES string of the molecule is CC(C)c1cccc2sc(N(Cc3cccnc3)C(=O)c3ccc(N(C)C)cc3)nc12. The quantitative estimate of drug-likeness (QED) is 0.392. The third-order valence-corrected chi connectivity index (χ3v) is 6.27. The molecule has 0 spiro atoms. The topological polar surface area (TPSA) is 49.3 Å². The van der Waals surface area contributed by atoms with Gasteiger partial charge in [0, 0.05) is 37.7 Å². The Morgan fingerprint density at radius 1 is 1.03 bits per heavy atom. The molecule has 0 bridgehead atoms. The van der Waals surface area contributed by atoms with E-state index in [2.05, 4.69) is 37.0 Å². The van der Waals surface area contributed by atoms with Gasteiger partial charge in [0.25, 0.3) is 5.91 Å². The highest BCUT2D eigenvalue weighted by atomic mass is 32.1. The molecule has 2 heterocycles. The van der Waals surface area contributed by atoms with Crippen molar-refractivity contribution in [2.75, 3.05) is 23.9 Å². The van der Waals surface area contributed by atoms with Gasteiger partial charge in [-0.15, -0.1) is 0 Å². The summed E-state index contributed by atoms with van der Waals surface area (Å²) in [5.74, 6) is 0.291. The Morgan fingerprint density at radius 3 is 2.45 bits per heavy atom. The number of amides is 1. The van der Waals surface area contributed by atoms with Crippen LogP contribution in [-0.4, -0.2) is 30.0 Å². The highest BCUT2D eigenvalue weighted by Crippen LogP contribution is 2.34. The number of pyridine rings is 1. The van der Waals surface area contributed by atoms with Crippen molar-refractivity contribution in [2.45, 2.75) is 26.3 Å². The van der Waals surface area contributed by atoms with E-state index in [1.807, 2.05) is 55.4 Å². The van der Waals surface area contributed by atoms with Crippen LogP contribution in [-0.2, 0) is 6.54 Å². The van der Waals surface area contributed by atoms with Gasteiger partial charge in [0.1, 0.15) is 0 Å². The third kappa shape index (κ3) is 4.44. The number of fused-ring (bicyclic) bond motifs is 1. The molecule has 4 rings (SSSR count). The molecule has 0 aliphatic rings. The number of rotatable bonds is 6. The zero-order chi connectivity index (χ0) is 22.0. The molecule has 5 nitrogen and oxygen atoms in total. The van der Waals surface area contributed by atoms with Crippen LogP contribution in [0.4, 0.5) is 10.8 Å². The summed E-state index contributed by atoms with van der Waals surface area (Å²) in [4.78, 5) is 26.5. The summed E-state index contributed by atoms with van der Waals surface area (Å²) in [5, 5.41) is 0.702. The van der Waals surface area contributed by atoms with Crippen molar-refractivity contribution in [3.8, 4) is 0 Å². The fourth-order valence-corrected chi connectivity index (χ4v) is 4.50. The van der Waals surface area contributed by atoms with E-state index < -0.39 is 0 Å². The van der Waals surface area contributed by atoms with Crippen LogP contribution in [0, 0.1) is 0 Å². The smallest absolute Gasteiger partial charge is 0.260 e. The van der Waals surface area contributed by atoms with Gasteiger partial charge in [-0.05, 0) is 53.4 Å². The summed E-state index contributed by atoms with van der Waals surface area (Å²) in [7, 11) is 3.97. The van der Waals surface area contributed by atoms with Crippen molar-refractivity contribution in [3.63, 3.8) is 0 Å². The first-order valence-electron chi connectivity index (χ1n) is 10.3. The van der Waals surface area contributed by atoms with E-state index in [0.29, 0.717) is 23.2 Å². The largest absolute Gasteiger partial charge is 0.378 e. The summed E-state index contributed by atoms with van der Waals surface area (Å²) >= 11 is 1.55. The molecule has 31 heavy (non-hydrogen) atoms. The van der Waals surface area contributed by atoms with Gasteiger partial charge in [-0.3, -0.25) is 14.7 Å². The molecule has 0 aliphatic heterocycles. The highest BCUT2D eigenvalue weighted by Gasteiger charge is 2.23. The van der Waals surface area contributed by atoms with Crippen molar-refractivity contribution in [1.29, 1.82) is 0 Å². The second kappa shape index (κ2) is 8.86. The van der Waals surface area contributed by atoms with Crippen molar-refractivity contribution in [3.05, 3.63) is 83.7 Å². The maximum atomic E-state index is 13.6. The van der Waals surface area contributed by atoms with Crippen LogP contribution in [0.3, 0.4) is 0 Å². The molecule has 0 unspecified atom stereocenters.